The Kier molecular flexibility index (Phi) is 5.50. The van der Waals surface area contributed by atoms with E-state index >= 15 is 0 Å². The second-order valence-electron chi connectivity index (χ2n) is 13.0. The number of thiophene rings is 1. The van der Waals surface area contributed by atoms with E-state index in [4.69, 9.17) is 9.97 Å². The molecule has 0 saturated carbocycles. The van der Waals surface area contributed by atoms with E-state index in [1.807, 2.05) is 11.3 Å². The van der Waals surface area contributed by atoms with Crippen LogP contribution in [0.1, 0.15) is 25.0 Å². The largest absolute Gasteiger partial charge is 0.276 e. The summed E-state index contributed by atoms with van der Waals surface area (Å²) in [5.41, 5.74) is 11.7. The molecule has 0 unspecified atom stereocenters. The molecule has 1 aliphatic rings. The van der Waals surface area contributed by atoms with Crippen LogP contribution in [-0.4, -0.2) is 14.5 Å². The van der Waals surface area contributed by atoms with Crippen molar-refractivity contribution in [2.75, 3.05) is 0 Å². The number of aromatic nitrogens is 3. The molecule has 3 aromatic heterocycles. The molecule has 4 heteroatoms. The molecule has 0 saturated heterocycles. The third-order valence-electron chi connectivity index (χ3n) is 10.0. The third-order valence-corrected chi connectivity index (χ3v) is 11.3. The van der Waals surface area contributed by atoms with Crippen molar-refractivity contribution in [3.63, 3.8) is 0 Å². The Morgan fingerprint density at radius 2 is 1.21 bits per heavy atom. The second kappa shape index (κ2) is 9.71. The topological polar surface area (TPSA) is 30.7 Å². The van der Waals surface area contributed by atoms with Crippen LogP contribution in [0.5, 0.6) is 0 Å². The highest BCUT2D eigenvalue weighted by Gasteiger charge is 2.39. The molecular weight excluding hydrogens is 591 g/mol. The van der Waals surface area contributed by atoms with Gasteiger partial charge in [0.15, 0.2) is 0 Å². The SMILES string of the molecule is CC1(C)c2ccccc2-c2sc3c(ccc4c5ccccc5n(-c5nc(-c6ccc(-c7ccccc7)cc6)c6ccccc6n5)c43)c21. The van der Waals surface area contributed by atoms with E-state index in [0.717, 1.165) is 27.7 Å². The van der Waals surface area contributed by atoms with Crippen molar-refractivity contribution in [1.29, 1.82) is 0 Å². The molecule has 47 heavy (non-hydrogen) atoms. The first-order valence-corrected chi connectivity index (χ1v) is 16.9. The van der Waals surface area contributed by atoms with Gasteiger partial charge in [0, 0.05) is 32.0 Å². The van der Waals surface area contributed by atoms with Gasteiger partial charge < -0.3 is 0 Å². The molecule has 0 atom stereocenters. The van der Waals surface area contributed by atoms with Crippen molar-refractivity contribution in [2.24, 2.45) is 0 Å². The van der Waals surface area contributed by atoms with Crippen LogP contribution in [0.2, 0.25) is 0 Å². The van der Waals surface area contributed by atoms with Crippen LogP contribution in [0, 0.1) is 0 Å². The normalized spacial score (nSPS) is 13.5. The van der Waals surface area contributed by atoms with Crippen LogP contribution in [0.25, 0.3) is 81.6 Å². The van der Waals surface area contributed by atoms with E-state index < -0.39 is 0 Å². The zero-order valence-electron chi connectivity index (χ0n) is 26.0. The maximum Gasteiger partial charge on any atom is 0.235 e. The highest BCUT2D eigenvalue weighted by molar-refractivity contribution is 7.23. The van der Waals surface area contributed by atoms with Gasteiger partial charge in [-0.25, -0.2) is 9.97 Å². The van der Waals surface area contributed by atoms with Gasteiger partial charge in [-0.15, -0.1) is 11.3 Å². The van der Waals surface area contributed by atoms with Gasteiger partial charge in [-0.2, -0.15) is 0 Å². The summed E-state index contributed by atoms with van der Waals surface area (Å²) in [6.07, 6.45) is 0. The molecule has 0 aliphatic heterocycles. The summed E-state index contributed by atoms with van der Waals surface area (Å²) in [6.45, 7) is 4.73. The Morgan fingerprint density at radius 1 is 0.553 bits per heavy atom. The minimum Gasteiger partial charge on any atom is -0.276 e. The molecule has 0 N–H and O–H groups in total. The average molecular weight is 620 g/mol. The Labute approximate surface area is 276 Å². The van der Waals surface area contributed by atoms with Gasteiger partial charge in [-0.1, -0.05) is 141 Å². The molecule has 0 spiro atoms. The molecule has 0 fully saturated rings. The maximum absolute atomic E-state index is 5.41. The number of hydrogen-bond donors (Lipinski definition) is 0. The summed E-state index contributed by atoms with van der Waals surface area (Å²) in [7, 11) is 0. The number of fused-ring (bicyclic) bond motifs is 10. The number of rotatable bonds is 3. The second-order valence-corrected chi connectivity index (χ2v) is 14.0. The molecule has 6 aromatic carbocycles. The molecule has 10 rings (SSSR count). The molecule has 3 heterocycles. The quantitative estimate of drug-likeness (QED) is 0.197. The summed E-state index contributed by atoms with van der Waals surface area (Å²) in [4.78, 5) is 12.0. The van der Waals surface area contributed by atoms with Crippen molar-refractivity contribution >= 4 is 54.1 Å². The van der Waals surface area contributed by atoms with Gasteiger partial charge >= 0.3 is 0 Å². The Morgan fingerprint density at radius 3 is 2.06 bits per heavy atom. The van der Waals surface area contributed by atoms with Gasteiger partial charge in [-0.05, 0) is 45.3 Å². The standard InChI is InChI=1S/C43H29N3S/c1-43(2)34-17-9-6-15-31(34)40-37(43)33-25-24-30-29-14-8-11-19-36(29)46(39(30)41(33)47-40)42-44-35-18-10-7-16-32(35)38(45-42)28-22-20-27(21-23-28)26-12-4-3-5-13-26/h3-25H,1-2H3. The Balaban J connectivity index is 1.26. The van der Waals surface area contributed by atoms with Crippen LogP contribution in [0.15, 0.2) is 140 Å². The predicted molar refractivity (Wildman–Crippen MR) is 198 cm³/mol. The van der Waals surface area contributed by atoms with Crippen molar-refractivity contribution in [3.8, 4) is 38.8 Å². The molecule has 222 valence electrons. The van der Waals surface area contributed by atoms with Crippen LogP contribution >= 0.6 is 11.3 Å². The van der Waals surface area contributed by atoms with E-state index in [-0.39, 0.29) is 5.41 Å². The fourth-order valence-corrected chi connectivity index (χ4v) is 9.35. The predicted octanol–water partition coefficient (Wildman–Crippen LogP) is 11.6. The van der Waals surface area contributed by atoms with E-state index in [0.29, 0.717) is 5.95 Å². The Bertz CT molecular complexity index is 2700. The van der Waals surface area contributed by atoms with Crippen LogP contribution in [0.4, 0.5) is 0 Å². The summed E-state index contributed by atoms with van der Waals surface area (Å²) in [6, 6.07) is 49.9. The Hall–Kier alpha value is -5.58. The number of hydrogen-bond acceptors (Lipinski definition) is 3. The summed E-state index contributed by atoms with van der Waals surface area (Å²) in [5, 5.41) is 4.80. The first-order valence-electron chi connectivity index (χ1n) is 16.1. The average Bonchev–Trinajstić information content (AvgIpc) is 3.75. The summed E-state index contributed by atoms with van der Waals surface area (Å²) < 4.78 is 3.60. The van der Waals surface area contributed by atoms with Gasteiger partial charge in [0.2, 0.25) is 5.95 Å². The lowest BCUT2D eigenvalue weighted by Gasteiger charge is -2.21. The summed E-state index contributed by atoms with van der Waals surface area (Å²) >= 11 is 1.91. The van der Waals surface area contributed by atoms with E-state index in [1.165, 1.54) is 59.1 Å². The molecule has 0 amide bonds. The highest BCUT2D eigenvalue weighted by atomic mass is 32.1. The maximum atomic E-state index is 5.41. The first-order chi connectivity index (χ1) is 23.1. The van der Waals surface area contributed by atoms with Crippen LogP contribution in [0.3, 0.4) is 0 Å². The van der Waals surface area contributed by atoms with Crippen molar-refractivity contribution in [3.05, 3.63) is 151 Å². The minimum atomic E-state index is -0.0762. The van der Waals surface area contributed by atoms with Crippen molar-refractivity contribution in [1.82, 2.24) is 14.5 Å². The van der Waals surface area contributed by atoms with Crippen LogP contribution in [-0.2, 0) is 5.41 Å². The van der Waals surface area contributed by atoms with Crippen LogP contribution < -0.4 is 0 Å². The van der Waals surface area contributed by atoms with Crippen molar-refractivity contribution in [2.45, 2.75) is 19.3 Å². The lowest BCUT2D eigenvalue weighted by Crippen LogP contribution is -2.14. The molecule has 9 aromatic rings. The highest BCUT2D eigenvalue weighted by Crippen LogP contribution is 2.56. The number of nitrogens with zero attached hydrogens (tertiary/aromatic N) is 3. The van der Waals surface area contributed by atoms with Crippen molar-refractivity contribution < 1.29 is 0 Å². The molecule has 0 bridgehead atoms. The minimum absolute atomic E-state index is 0.0762. The van der Waals surface area contributed by atoms with E-state index in [1.54, 1.807) is 0 Å². The lowest BCUT2D eigenvalue weighted by atomic mass is 9.81. The fourth-order valence-electron chi connectivity index (χ4n) is 7.82. The number of para-hydroxylation sites is 2. The van der Waals surface area contributed by atoms with E-state index in [2.05, 4.69) is 158 Å². The smallest absolute Gasteiger partial charge is 0.235 e. The number of benzene rings is 6. The molecular formula is C43H29N3S. The van der Waals surface area contributed by atoms with Gasteiger partial charge in [0.1, 0.15) is 0 Å². The van der Waals surface area contributed by atoms with E-state index in [9.17, 15) is 0 Å². The first kappa shape index (κ1) is 26.6. The third kappa shape index (κ3) is 3.73. The zero-order valence-corrected chi connectivity index (χ0v) is 26.8. The molecule has 3 nitrogen and oxygen atoms in total. The lowest BCUT2D eigenvalue weighted by molar-refractivity contribution is 0.667. The summed E-state index contributed by atoms with van der Waals surface area (Å²) in [5.74, 6) is 0.692. The molecule has 0 radical (unpaired) electrons. The van der Waals surface area contributed by atoms with Gasteiger partial charge in [0.05, 0.1) is 26.9 Å². The fraction of sp³-hybridized carbons (Fsp3) is 0.0698. The zero-order chi connectivity index (χ0) is 31.3. The van der Waals surface area contributed by atoms with Gasteiger partial charge in [0.25, 0.3) is 0 Å². The van der Waals surface area contributed by atoms with Gasteiger partial charge in [-0.3, -0.25) is 4.57 Å². The molecule has 1 aliphatic carbocycles. The monoisotopic (exact) mass is 619 g/mol.